The fourth-order valence-corrected chi connectivity index (χ4v) is 2.52. The Morgan fingerprint density at radius 3 is 2.83 bits per heavy atom. The largest absolute Gasteiger partial charge is 0.350 e. The Morgan fingerprint density at radius 2 is 2.22 bits per heavy atom. The number of nitrogens with two attached hydrogens (primary N) is 1. The molecule has 18 heavy (non-hydrogen) atoms. The number of hydrogen-bond acceptors (Lipinski definition) is 2. The standard InChI is InChI=1S/C15H22N2O/c1-3-15(2,8-9-16)17-14(18)13-10-11-6-4-5-7-12(11)13/h4-7,13H,3,8-10,16H2,1-2H3,(H,17,18). The number of fused-ring (bicyclic) bond motifs is 1. The van der Waals surface area contributed by atoms with E-state index in [0.717, 1.165) is 19.3 Å². The average Bonchev–Trinajstić information content (AvgIpc) is 2.31. The summed E-state index contributed by atoms with van der Waals surface area (Å²) in [4.78, 5) is 12.3. The molecular formula is C15H22N2O. The van der Waals surface area contributed by atoms with Gasteiger partial charge in [-0.25, -0.2) is 0 Å². The molecule has 0 fully saturated rings. The van der Waals surface area contributed by atoms with E-state index >= 15 is 0 Å². The molecule has 0 saturated carbocycles. The molecule has 0 radical (unpaired) electrons. The van der Waals surface area contributed by atoms with E-state index in [1.165, 1.54) is 11.1 Å². The zero-order valence-corrected chi connectivity index (χ0v) is 11.2. The second kappa shape index (κ2) is 5.11. The molecule has 0 bridgehead atoms. The van der Waals surface area contributed by atoms with Gasteiger partial charge in [-0.1, -0.05) is 31.2 Å². The van der Waals surface area contributed by atoms with Gasteiger partial charge in [-0.2, -0.15) is 0 Å². The Hall–Kier alpha value is -1.35. The predicted molar refractivity (Wildman–Crippen MR) is 73.4 cm³/mol. The third kappa shape index (κ3) is 2.41. The van der Waals surface area contributed by atoms with Crippen LogP contribution in [0, 0.1) is 0 Å². The second-order valence-electron chi connectivity index (χ2n) is 5.40. The molecule has 2 atom stereocenters. The van der Waals surface area contributed by atoms with E-state index in [-0.39, 0.29) is 17.4 Å². The van der Waals surface area contributed by atoms with Crippen LogP contribution in [0.3, 0.4) is 0 Å². The Kier molecular flexibility index (Phi) is 3.71. The van der Waals surface area contributed by atoms with Gasteiger partial charge in [0, 0.05) is 5.54 Å². The van der Waals surface area contributed by atoms with Gasteiger partial charge in [-0.15, -0.1) is 0 Å². The lowest BCUT2D eigenvalue weighted by atomic mass is 9.76. The van der Waals surface area contributed by atoms with Crippen molar-refractivity contribution in [3.63, 3.8) is 0 Å². The van der Waals surface area contributed by atoms with Crippen molar-refractivity contribution in [3.05, 3.63) is 35.4 Å². The van der Waals surface area contributed by atoms with E-state index in [1.807, 2.05) is 12.1 Å². The summed E-state index contributed by atoms with van der Waals surface area (Å²) in [7, 11) is 0. The monoisotopic (exact) mass is 246 g/mol. The van der Waals surface area contributed by atoms with Gasteiger partial charge in [0.25, 0.3) is 0 Å². The van der Waals surface area contributed by atoms with Crippen LogP contribution in [0.4, 0.5) is 0 Å². The fourth-order valence-electron chi connectivity index (χ4n) is 2.52. The summed E-state index contributed by atoms with van der Waals surface area (Å²) in [5.74, 6) is 0.177. The molecular weight excluding hydrogens is 224 g/mol. The normalized spacial score (nSPS) is 20.5. The average molecular weight is 246 g/mol. The summed E-state index contributed by atoms with van der Waals surface area (Å²) in [5.41, 5.74) is 7.93. The quantitative estimate of drug-likeness (QED) is 0.834. The number of carbonyl (C=O) groups is 1. The molecule has 0 aromatic heterocycles. The predicted octanol–water partition coefficient (Wildman–Crippen LogP) is 1.96. The number of rotatable bonds is 5. The van der Waals surface area contributed by atoms with Crippen LogP contribution in [0.15, 0.2) is 24.3 Å². The van der Waals surface area contributed by atoms with Gasteiger partial charge in [0.1, 0.15) is 0 Å². The van der Waals surface area contributed by atoms with Crippen molar-refractivity contribution in [1.82, 2.24) is 5.32 Å². The van der Waals surface area contributed by atoms with Crippen molar-refractivity contribution in [2.75, 3.05) is 6.54 Å². The Labute approximate surface area is 109 Å². The van der Waals surface area contributed by atoms with Gasteiger partial charge in [0.2, 0.25) is 5.91 Å². The summed E-state index contributed by atoms with van der Waals surface area (Å²) in [5, 5.41) is 3.17. The van der Waals surface area contributed by atoms with Gasteiger partial charge in [0.15, 0.2) is 0 Å². The second-order valence-corrected chi connectivity index (χ2v) is 5.40. The van der Waals surface area contributed by atoms with E-state index in [1.54, 1.807) is 0 Å². The lowest BCUT2D eigenvalue weighted by Crippen LogP contribution is -2.50. The maximum Gasteiger partial charge on any atom is 0.228 e. The molecule has 1 aliphatic rings. The van der Waals surface area contributed by atoms with Crippen molar-refractivity contribution >= 4 is 5.91 Å². The highest BCUT2D eigenvalue weighted by Crippen LogP contribution is 2.35. The van der Waals surface area contributed by atoms with Crippen LogP contribution in [0.25, 0.3) is 0 Å². The topological polar surface area (TPSA) is 55.1 Å². The summed E-state index contributed by atoms with van der Waals surface area (Å²) in [6.45, 7) is 4.76. The first-order chi connectivity index (χ1) is 8.59. The number of nitrogens with one attached hydrogen (secondary N) is 1. The van der Waals surface area contributed by atoms with Gasteiger partial charge in [-0.3, -0.25) is 4.79 Å². The van der Waals surface area contributed by atoms with Crippen LogP contribution in [0.2, 0.25) is 0 Å². The maximum atomic E-state index is 12.3. The van der Waals surface area contributed by atoms with Crippen LogP contribution in [0.1, 0.15) is 43.7 Å². The fraction of sp³-hybridized carbons (Fsp3) is 0.533. The van der Waals surface area contributed by atoms with Gasteiger partial charge < -0.3 is 11.1 Å². The highest BCUT2D eigenvalue weighted by Gasteiger charge is 2.34. The van der Waals surface area contributed by atoms with E-state index in [0.29, 0.717) is 6.54 Å². The summed E-state index contributed by atoms with van der Waals surface area (Å²) in [6.07, 6.45) is 2.60. The molecule has 2 rings (SSSR count). The SMILES string of the molecule is CCC(C)(CCN)NC(=O)C1Cc2ccccc21. The van der Waals surface area contributed by atoms with Crippen molar-refractivity contribution < 1.29 is 4.79 Å². The van der Waals surface area contributed by atoms with Gasteiger partial charge in [-0.05, 0) is 43.9 Å². The van der Waals surface area contributed by atoms with Crippen LogP contribution >= 0.6 is 0 Å². The Bertz CT molecular complexity index is 444. The van der Waals surface area contributed by atoms with Crippen molar-refractivity contribution in [2.45, 2.75) is 44.6 Å². The lowest BCUT2D eigenvalue weighted by Gasteiger charge is -2.35. The zero-order chi connectivity index (χ0) is 13.2. The van der Waals surface area contributed by atoms with Gasteiger partial charge >= 0.3 is 0 Å². The van der Waals surface area contributed by atoms with E-state index in [4.69, 9.17) is 5.73 Å². The summed E-state index contributed by atoms with van der Waals surface area (Å²) >= 11 is 0. The Balaban J connectivity index is 2.02. The molecule has 3 nitrogen and oxygen atoms in total. The van der Waals surface area contributed by atoms with Gasteiger partial charge in [0.05, 0.1) is 5.92 Å². The first kappa shape index (κ1) is 13.1. The highest BCUT2D eigenvalue weighted by atomic mass is 16.2. The minimum absolute atomic E-state index is 0.0323. The maximum absolute atomic E-state index is 12.3. The third-order valence-electron chi connectivity index (χ3n) is 4.07. The number of amides is 1. The first-order valence-electron chi connectivity index (χ1n) is 6.69. The highest BCUT2D eigenvalue weighted by molar-refractivity contribution is 5.87. The molecule has 0 spiro atoms. The molecule has 0 heterocycles. The molecule has 0 saturated heterocycles. The minimum Gasteiger partial charge on any atom is -0.350 e. The number of carbonyl (C=O) groups excluding carboxylic acids is 1. The Morgan fingerprint density at radius 1 is 1.50 bits per heavy atom. The van der Waals surface area contributed by atoms with Crippen LogP contribution in [0.5, 0.6) is 0 Å². The summed E-state index contributed by atoms with van der Waals surface area (Å²) in [6, 6.07) is 8.17. The third-order valence-corrected chi connectivity index (χ3v) is 4.07. The lowest BCUT2D eigenvalue weighted by molar-refractivity contribution is -0.125. The number of hydrogen-bond donors (Lipinski definition) is 2. The molecule has 0 aliphatic heterocycles. The molecule has 98 valence electrons. The van der Waals surface area contributed by atoms with Crippen LogP contribution < -0.4 is 11.1 Å². The van der Waals surface area contributed by atoms with Crippen LogP contribution in [-0.2, 0) is 11.2 Å². The minimum atomic E-state index is -0.170. The smallest absolute Gasteiger partial charge is 0.228 e. The van der Waals surface area contributed by atoms with Crippen molar-refractivity contribution in [2.24, 2.45) is 5.73 Å². The molecule has 1 aromatic carbocycles. The molecule has 1 amide bonds. The molecule has 1 aliphatic carbocycles. The molecule has 3 N–H and O–H groups in total. The molecule has 1 aromatic rings. The van der Waals surface area contributed by atoms with Crippen LogP contribution in [-0.4, -0.2) is 18.0 Å². The zero-order valence-electron chi connectivity index (χ0n) is 11.2. The van der Waals surface area contributed by atoms with E-state index in [2.05, 4.69) is 31.3 Å². The number of benzene rings is 1. The first-order valence-corrected chi connectivity index (χ1v) is 6.69. The summed E-state index contributed by atoms with van der Waals surface area (Å²) < 4.78 is 0. The molecule has 3 heteroatoms. The molecule has 2 unspecified atom stereocenters. The van der Waals surface area contributed by atoms with E-state index < -0.39 is 0 Å². The van der Waals surface area contributed by atoms with Crippen molar-refractivity contribution in [3.8, 4) is 0 Å². The van der Waals surface area contributed by atoms with Crippen molar-refractivity contribution in [1.29, 1.82) is 0 Å². The van der Waals surface area contributed by atoms with E-state index in [9.17, 15) is 4.79 Å².